The molecule has 0 heterocycles. The molecule has 3 nitrogen and oxygen atoms in total. The topological polar surface area (TPSA) is 35.5 Å². The molecule has 0 radical (unpaired) electrons. The predicted octanol–water partition coefficient (Wildman–Crippen LogP) is 6.43. The van der Waals surface area contributed by atoms with Crippen LogP contribution in [0.15, 0.2) is 88.7 Å². The van der Waals surface area contributed by atoms with E-state index in [1.165, 1.54) is 17.6 Å². The Hall–Kier alpha value is -2.72. The van der Waals surface area contributed by atoms with Gasteiger partial charge in [0.25, 0.3) is 0 Å². The van der Waals surface area contributed by atoms with Gasteiger partial charge in [0.1, 0.15) is 5.75 Å². The van der Waals surface area contributed by atoms with Gasteiger partial charge in [-0.2, -0.15) is 0 Å². The number of esters is 1. The van der Waals surface area contributed by atoms with Crippen LogP contribution in [-0.4, -0.2) is 13.1 Å². The third kappa shape index (κ3) is 5.64. The van der Waals surface area contributed by atoms with E-state index in [0.717, 1.165) is 10.5 Å². The number of carbonyl (C=O) groups excluding carboxylic acids is 1. The summed E-state index contributed by atoms with van der Waals surface area (Å²) in [7, 11) is 1.38. The van der Waals surface area contributed by atoms with E-state index < -0.39 is 12.1 Å². The standard InChI is InChI=1S/C25H26O3S/c1-25(2,3)19-12-14-20(15-13-19)28-23(24(26)27-4)18-10-16-22(17-11-18)29-21-8-6-5-7-9-21/h5-17,23H,1-4H3. The minimum absolute atomic E-state index is 0.0620. The smallest absolute Gasteiger partial charge is 0.351 e. The zero-order chi connectivity index (χ0) is 20.9. The van der Waals surface area contributed by atoms with Crippen LogP contribution >= 0.6 is 11.8 Å². The average molecular weight is 407 g/mol. The fraction of sp³-hybridized carbons (Fsp3) is 0.240. The van der Waals surface area contributed by atoms with Crippen molar-refractivity contribution in [1.29, 1.82) is 0 Å². The highest BCUT2D eigenvalue weighted by Crippen LogP contribution is 2.31. The van der Waals surface area contributed by atoms with Crippen molar-refractivity contribution in [3.8, 4) is 5.75 Å². The van der Waals surface area contributed by atoms with E-state index in [-0.39, 0.29) is 5.41 Å². The summed E-state index contributed by atoms with van der Waals surface area (Å²) in [5.41, 5.74) is 2.03. The molecule has 1 unspecified atom stereocenters. The number of ether oxygens (including phenoxy) is 2. The molecule has 0 spiro atoms. The van der Waals surface area contributed by atoms with Crippen molar-refractivity contribution in [2.45, 2.75) is 42.1 Å². The fourth-order valence-corrected chi connectivity index (χ4v) is 3.70. The van der Waals surface area contributed by atoms with Gasteiger partial charge in [-0.15, -0.1) is 0 Å². The maximum atomic E-state index is 12.4. The van der Waals surface area contributed by atoms with E-state index in [9.17, 15) is 4.79 Å². The molecule has 3 aromatic rings. The Bertz CT molecular complexity index is 927. The minimum Gasteiger partial charge on any atom is -0.474 e. The number of benzene rings is 3. The number of carbonyl (C=O) groups is 1. The molecule has 150 valence electrons. The molecule has 4 heteroatoms. The Morgan fingerprint density at radius 1 is 0.828 bits per heavy atom. The molecule has 0 amide bonds. The quantitative estimate of drug-likeness (QED) is 0.442. The van der Waals surface area contributed by atoms with Gasteiger partial charge in [0.2, 0.25) is 6.10 Å². The molecule has 3 aromatic carbocycles. The van der Waals surface area contributed by atoms with Crippen LogP contribution in [0.3, 0.4) is 0 Å². The van der Waals surface area contributed by atoms with Crippen LogP contribution < -0.4 is 4.74 Å². The van der Waals surface area contributed by atoms with Crippen molar-refractivity contribution >= 4 is 17.7 Å². The average Bonchev–Trinajstić information content (AvgIpc) is 2.73. The summed E-state index contributed by atoms with van der Waals surface area (Å²) >= 11 is 1.67. The Balaban J connectivity index is 1.77. The van der Waals surface area contributed by atoms with Gasteiger partial charge >= 0.3 is 5.97 Å². The molecule has 1 atom stereocenters. The summed E-state index contributed by atoms with van der Waals surface area (Å²) in [6.07, 6.45) is -0.809. The van der Waals surface area contributed by atoms with E-state index in [1.807, 2.05) is 66.7 Å². The first-order chi connectivity index (χ1) is 13.9. The summed E-state index contributed by atoms with van der Waals surface area (Å²) in [6.45, 7) is 6.49. The molecule has 0 aliphatic carbocycles. The van der Waals surface area contributed by atoms with Gasteiger partial charge in [-0.05, 0) is 47.4 Å². The Kier molecular flexibility index (Phi) is 6.65. The first kappa shape index (κ1) is 21.0. The monoisotopic (exact) mass is 406 g/mol. The number of hydrogen-bond donors (Lipinski definition) is 0. The van der Waals surface area contributed by atoms with Crippen molar-refractivity contribution in [2.24, 2.45) is 0 Å². The molecule has 0 aliphatic rings. The molecule has 29 heavy (non-hydrogen) atoms. The summed E-state index contributed by atoms with van der Waals surface area (Å²) in [6, 6.07) is 25.8. The minimum atomic E-state index is -0.809. The van der Waals surface area contributed by atoms with Crippen LogP contribution in [-0.2, 0) is 14.9 Å². The predicted molar refractivity (Wildman–Crippen MR) is 118 cm³/mol. The second-order valence-corrected chi connectivity index (χ2v) is 8.93. The van der Waals surface area contributed by atoms with Gasteiger partial charge < -0.3 is 9.47 Å². The van der Waals surface area contributed by atoms with E-state index in [1.54, 1.807) is 11.8 Å². The molecule has 3 rings (SSSR count). The van der Waals surface area contributed by atoms with Gasteiger partial charge in [-0.1, -0.05) is 75.0 Å². The van der Waals surface area contributed by atoms with Gasteiger partial charge in [0.15, 0.2) is 0 Å². The van der Waals surface area contributed by atoms with Gasteiger partial charge in [0.05, 0.1) is 7.11 Å². The van der Waals surface area contributed by atoms with E-state index in [4.69, 9.17) is 9.47 Å². The maximum absolute atomic E-state index is 12.4. The zero-order valence-electron chi connectivity index (χ0n) is 17.2. The van der Waals surface area contributed by atoms with Crippen LogP contribution in [0.25, 0.3) is 0 Å². The zero-order valence-corrected chi connectivity index (χ0v) is 18.0. The first-order valence-electron chi connectivity index (χ1n) is 9.55. The lowest BCUT2D eigenvalue weighted by Crippen LogP contribution is -2.20. The van der Waals surface area contributed by atoms with Gasteiger partial charge in [-0.3, -0.25) is 0 Å². The molecule has 0 aromatic heterocycles. The second-order valence-electron chi connectivity index (χ2n) is 7.78. The van der Waals surface area contributed by atoms with E-state index in [0.29, 0.717) is 5.75 Å². The van der Waals surface area contributed by atoms with Crippen molar-refractivity contribution < 1.29 is 14.3 Å². The normalized spacial score (nSPS) is 12.3. The van der Waals surface area contributed by atoms with E-state index in [2.05, 4.69) is 32.9 Å². The number of rotatable bonds is 6. The molecule has 0 aliphatic heterocycles. The van der Waals surface area contributed by atoms with Crippen LogP contribution in [0.5, 0.6) is 5.75 Å². The highest BCUT2D eigenvalue weighted by molar-refractivity contribution is 7.99. The molecule has 0 saturated heterocycles. The summed E-state index contributed by atoms with van der Waals surface area (Å²) in [4.78, 5) is 14.6. The highest BCUT2D eigenvalue weighted by atomic mass is 32.2. The third-order valence-electron chi connectivity index (χ3n) is 4.55. The van der Waals surface area contributed by atoms with Gasteiger partial charge in [-0.25, -0.2) is 4.79 Å². The maximum Gasteiger partial charge on any atom is 0.351 e. The lowest BCUT2D eigenvalue weighted by molar-refractivity contribution is -0.149. The molecular weight excluding hydrogens is 380 g/mol. The lowest BCUT2D eigenvalue weighted by atomic mass is 9.87. The van der Waals surface area contributed by atoms with Crippen molar-refractivity contribution in [1.82, 2.24) is 0 Å². The molecular formula is C25H26O3S. The molecule has 0 saturated carbocycles. The highest BCUT2D eigenvalue weighted by Gasteiger charge is 2.24. The summed E-state index contributed by atoms with van der Waals surface area (Å²) < 4.78 is 11.0. The molecule has 0 bridgehead atoms. The Labute approximate surface area is 177 Å². The molecule has 0 fully saturated rings. The second kappa shape index (κ2) is 9.19. The van der Waals surface area contributed by atoms with Crippen LogP contribution in [0, 0.1) is 0 Å². The fourth-order valence-electron chi connectivity index (χ4n) is 2.86. The van der Waals surface area contributed by atoms with Crippen molar-refractivity contribution in [2.75, 3.05) is 7.11 Å². The number of hydrogen-bond acceptors (Lipinski definition) is 4. The first-order valence-corrected chi connectivity index (χ1v) is 10.4. The number of methoxy groups -OCH3 is 1. The Morgan fingerprint density at radius 2 is 1.41 bits per heavy atom. The summed E-state index contributed by atoms with van der Waals surface area (Å²) in [5, 5.41) is 0. The third-order valence-corrected chi connectivity index (χ3v) is 5.57. The van der Waals surface area contributed by atoms with Crippen LogP contribution in [0.4, 0.5) is 0 Å². The Morgan fingerprint density at radius 3 is 1.97 bits per heavy atom. The largest absolute Gasteiger partial charge is 0.474 e. The van der Waals surface area contributed by atoms with E-state index >= 15 is 0 Å². The molecule has 0 N–H and O–H groups in total. The van der Waals surface area contributed by atoms with Crippen LogP contribution in [0.2, 0.25) is 0 Å². The van der Waals surface area contributed by atoms with Crippen molar-refractivity contribution in [3.63, 3.8) is 0 Å². The SMILES string of the molecule is COC(=O)C(Oc1ccc(C(C)(C)C)cc1)c1ccc(Sc2ccccc2)cc1. The lowest BCUT2D eigenvalue weighted by Gasteiger charge is -2.21. The van der Waals surface area contributed by atoms with Gasteiger partial charge in [0, 0.05) is 15.4 Å². The van der Waals surface area contributed by atoms with Crippen LogP contribution in [0.1, 0.15) is 38.0 Å². The summed E-state index contributed by atoms with van der Waals surface area (Å²) in [5.74, 6) is 0.212. The van der Waals surface area contributed by atoms with Crippen molar-refractivity contribution in [3.05, 3.63) is 90.0 Å².